The van der Waals surface area contributed by atoms with Crippen molar-refractivity contribution in [2.24, 2.45) is 0 Å². The highest BCUT2D eigenvalue weighted by Crippen LogP contribution is 2.07. The number of carbonyl (C=O) groups excluding carboxylic acids is 1. The third-order valence-corrected chi connectivity index (χ3v) is 2.33. The van der Waals surface area contributed by atoms with Crippen LogP contribution in [0.2, 0.25) is 0 Å². The summed E-state index contributed by atoms with van der Waals surface area (Å²) < 4.78 is 18.9. The van der Waals surface area contributed by atoms with Crippen molar-refractivity contribution < 1.29 is 13.9 Å². The van der Waals surface area contributed by atoms with E-state index in [-0.39, 0.29) is 12.2 Å². The summed E-state index contributed by atoms with van der Waals surface area (Å²) in [5.74, 6) is -1.17. The average Bonchev–Trinajstić information content (AvgIpc) is 2.71. The van der Waals surface area contributed by atoms with E-state index >= 15 is 0 Å². The summed E-state index contributed by atoms with van der Waals surface area (Å²) >= 11 is 0. The number of aromatic nitrogens is 2. The van der Waals surface area contributed by atoms with Gasteiger partial charge in [-0.2, -0.15) is 0 Å². The molecule has 0 atom stereocenters. The molecule has 1 heterocycles. The fourth-order valence-electron chi connectivity index (χ4n) is 1.53. The van der Waals surface area contributed by atoms with Gasteiger partial charge in [0, 0.05) is 6.20 Å². The first-order valence-corrected chi connectivity index (χ1v) is 5.37. The summed E-state index contributed by atoms with van der Waals surface area (Å²) in [6.07, 6.45) is 1.24. The van der Waals surface area contributed by atoms with Crippen molar-refractivity contribution in [2.45, 2.75) is 6.92 Å². The second-order valence-electron chi connectivity index (χ2n) is 3.53. The second-order valence-corrected chi connectivity index (χ2v) is 3.53. The standard InChI is InChI=1S/C12H11FN2O3/c1-2-18-12(17)10-7-14-15(11(10)16)9-5-3-4-8(13)6-9/h3-7,14H,2H2,1H3. The van der Waals surface area contributed by atoms with Gasteiger partial charge >= 0.3 is 5.97 Å². The first kappa shape index (κ1) is 12.1. The molecule has 6 heteroatoms. The number of H-pyrrole nitrogens is 1. The quantitative estimate of drug-likeness (QED) is 0.839. The van der Waals surface area contributed by atoms with E-state index in [9.17, 15) is 14.0 Å². The lowest BCUT2D eigenvalue weighted by Gasteiger charge is -2.00. The fourth-order valence-corrected chi connectivity index (χ4v) is 1.53. The molecular weight excluding hydrogens is 239 g/mol. The Labute approximate surface area is 102 Å². The Balaban J connectivity index is 2.43. The van der Waals surface area contributed by atoms with Gasteiger partial charge in [-0.25, -0.2) is 13.9 Å². The topological polar surface area (TPSA) is 64.1 Å². The van der Waals surface area contributed by atoms with E-state index in [4.69, 9.17) is 4.74 Å². The molecule has 0 aliphatic carbocycles. The summed E-state index contributed by atoms with van der Waals surface area (Å²) in [6, 6.07) is 5.48. The average molecular weight is 250 g/mol. The number of benzene rings is 1. The van der Waals surface area contributed by atoms with Gasteiger partial charge in [0.2, 0.25) is 0 Å². The first-order chi connectivity index (χ1) is 8.63. The first-order valence-electron chi connectivity index (χ1n) is 5.37. The third kappa shape index (κ3) is 2.17. The largest absolute Gasteiger partial charge is 0.462 e. The van der Waals surface area contributed by atoms with Gasteiger partial charge in [0.15, 0.2) is 0 Å². The molecule has 0 amide bonds. The van der Waals surface area contributed by atoms with Crippen LogP contribution in [0.5, 0.6) is 0 Å². The van der Waals surface area contributed by atoms with Crippen LogP contribution in [0.15, 0.2) is 35.3 Å². The minimum absolute atomic E-state index is 0.110. The molecule has 1 aromatic heterocycles. The van der Waals surface area contributed by atoms with Crippen molar-refractivity contribution in [3.63, 3.8) is 0 Å². The molecule has 2 rings (SSSR count). The fraction of sp³-hybridized carbons (Fsp3) is 0.167. The molecule has 1 N–H and O–H groups in total. The van der Waals surface area contributed by atoms with E-state index in [0.29, 0.717) is 5.69 Å². The Morgan fingerprint density at radius 3 is 2.94 bits per heavy atom. The SMILES string of the molecule is CCOC(=O)c1c[nH]n(-c2cccc(F)c2)c1=O. The van der Waals surface area contributed by atoms with Crippen molar-refractivity contribution in [1.29, 1.82) is 0 Å². The van der Waals surface area contributed by atoms with Gasteiger partial charge in [0.25, 0.3) is 5.56 Å². The Morgan fingerprint density at radius 1 is 1.50 bits per heavy atom. The van der Waals surface area contributed by atoms with Crippen LogP contribution in [-0.4, -0.2) is 22.4 Å². The Kier molecular flexibility index (Phi) is 3.27. The highest BCUT2D eigenvalue weighted by atomic mass is 19.1. The van der Waals surface area contributed by atoms with Crippen molar-refractivity contribution >= 4 is 5.97 Å². The summed E-state index contributed by atoms with van der Waals surface area (Å²) in [7, 11) is 0. The number of nitrogens with zero attached hydrogens (tertiary/aromatic N) is 1. The van der Waals surface area contributed by atoms with Crippen LogP contribution in [-0.2, 0) is 4.74 Å². The molecular formula is C12H11FN2O3. The maximum atomic E-state index is 13.0. The molecule has 0 saturated heterocycles. The summed E-state index contributed by atoms with van der Waals surface area (Å²) in [5.41, 5.74) is -0.365. The number of ether oxygens (including phenoxy) is 1. The summed E-state index contributed by atoms with van der Waals surface area (Å²) in [6.45, 7) is 1.83. The molecule has 94 valence electrons. The van der Waals surface area contributed by atoms with Crippen molar-refractivity contribution in [3.05, 3.63) is 52.2 Å². The van der Waals surface area contributed by atoms with Crippen LogP contribution in [0, 0.1) is 5.82 Å². The van der Waals surface area contributed by atoms with Crippen LogP contribution >= 0.6 is 0 Å². The van der Waals surface area contributed by atoms with E-state index in [2.05, 4.69) is 5.10 Å². The summed E-state index contributed by atoms with van der Waals surface area (Å²) in [5, 5.41) is 2.59. The molecule has 0 saturated carbocycles. The molecule has 0 unspecified atom stereocenters. The number of hydrogen-bond acceptors (Lipinski definition) is 3. The van der Waals surface area contributed by atoms with Crippen LogP contribution in [0.4, 0.5) is 4.39 Å². The number of halogens is 1. The van der Waals surface area contributed by atoms with Gasteiger partial charge in [0.1, 0.15) is 11.4 Å². The third-order valence-electron chi connectivity index (χ3n) is 2.33. The van der Waals surface area contributed by atoms with Gasteiger partial charge in [0.05, 0.1) is 12.3 Å². The number of aromatic amines is 1. The van der Waals surface area contributed by atoms with Gasteiger partial charge in [-0.3, -0.25) is 9.89 Å². The summed E-state index contributed by atoms with van der Waals surface area (Å²) in [4.78, 5) is 23.4. The number of esters is 1. The highest BCUT2D eigenvalue weighted by molar-refractivity contribution is 5.88. The Hall–Kier alpha value is -2.37. The normalized spacial score (nSPS) is 10.3. The minimum atomic E-state index is -0.700. The van der Waals surface area contributed by atoms with Gasteiger partial charge < -0.3 is 4.74 Å². The Morgan fingerprint density at radius 2 is 2.28 bits per heavy atom. The molecule has 1 aromatic carbocycles. The van der Waals surface area contributed by atoms with E-state index in [1.807, 2.05) is 0 Å². The number of nitrogens with one attached hydrogen (secondary N) is 1. The highest BCUT2D eigenvalue weighted by Gasteiger charge is 2.16. The number of rotatable bonds is 3. The van der Waals surface area contributed by atoms with Gasteiger partial charge in [-0.05, 0) is 25.1 Å². The van der Waals surface area contributed by atoms with Gasteiger partial charge in [-0.1, -0.05) is 6.07 Å². The zero-order valence-electron chi connectivity index (χ0n) is 9.64. The monoisotopic (exact) mass is 250 g/mol. The smallest absolute Gasteiger partial charge is 0.345 e. The van der Waals surface area contributed by atoms with Crippen LogP contribution in [0.3, 0.4) is 0 Å². The van der Waals surface area contributed by atoms with Gasteiger partial charge in [-0.15, -0.1) is 0 Å². The van der Waals surface area contributed by atoms with Crippen molar-refractivity contribution in [3.8, 4) is 5.69 Å². The zero-order valence-corrected chi connectivity index (χ0v) is 9.64. The van der Waals surface area contributed by atoms with E-state index < -0.39 is 17.3 Å². The maximum Gasteiger partial charge on any atom is 0.345 e. The molecule has 0 spiro atoms. The van der Waals surface area contributed by atoms with Crippen LogP contribution in [0.1, 0.15) is 17.3 Å². The van der Waals surface area contributed by atoms with E-state index in [1.165, 1.54) is 24.4 Å². The van der Waals surface area contributed by atoms with Crippen molar-refractivity contribution in [2.75, 3.05) is 6.61 Å². The predicted molar refractivity (Wildman–Crippen MR) is 62.3 cm³/mol. The molecule has 2 aromatic rings. The van der Waals surface area contributed by atoms with Crippen LogP contribution < -0.4 is 5.56 Å². The molecule has 18 heavy (non-hydrogen) atoms. The van der Waals surface area contributed by atoms with Crippen LogP contribution in [0.25, 0.3) is 5.69 Å². The lowest BCUT2D eigenvalue weighted by atomic mass is 10.3. The molecule has 0 fully saturated rings. The molecule has 0 aliphatic heterocycles. The molecule has 0 radical (unpaired) electrons. The van der Waals surface area contributed by atoms with E-state index in [1.54, 1.807) is 13.0 Å². The molecule has 0 aliphatic rings. The second kappa shape index (κ2) is 4.87. The number of hydrogen-bond donors (Lipinski definition) is 1. The minimum Gasteiger partial charge on any atom is -0.462 e. The molecule has 0 bridgehead atoms. The lowest BCUT2D eigenvalue weighted by molar-refractivity contribution is 0.0525. The predicted octanol–water partition coefficient (Wildman–Crippen LogP) is 1.48. The van der Waals surface area contributed by atoms with E-state index in [0.717, 1.165) is 4.68 Å². The lowest BCUT2D eigenvalue weighted by Crippen LogP contribution is -2.21. The maximum absolute atomic E-state index is 13.0. The Bertz CT molecular complexity index is 630. The zero-order chi connectivity index (χ0) is 13.1. The van der Waals surface area contributed by atoms with Crippen molar-refractivity contribution in [1.82, 2.24) is 9.78 Å². The number of carbonyl (C=O) groups is 1. The molecule has 5 nitrogen and oxygen atoms in total.